The van der Waals surface area contributed by atoms with E-state index in [-0.39, 0.29) is 5.78 Å². The van der Waals surface area contributed by atoms with Gasteiger partial charge in [-0.15, -0.1) is 0 Å². The van der Waals surface area contributed by atoms with Gasteiger partial charge in [-0.05, 0) is 64.7 Å². The van der Waals surface area contributed by atoms with E-state index in [0.717, 1.165) is 24.2 Å². The van der Waals surface area contributed by atoms with Crippen LogP contribution in [0.15, 0.2) is 12.1 Å². The highest BCUT2D eigenvalue weighted by Gasteiger charge is 2.13. The predicted octanol–water partition coefficient (Wildman–Crippen LogP) is 2.29. The van der Waals surface area contributed by atoms with E-state index in [2.05, 4.69) is 29.7 Å². The van der Waals surface area contributed by atoms with Gasteiger partial charge in [0.05, 0.1) is 6.54 Å². The Kier molecular flexibility index (Phi) is 5.70. The number of benzene rings is 1. The van der Waals surface area contributed by atoms with Crippen LogP contribution in [-0.2, 0) is 0 Å². The minimum atomic E-state index is 0.210. The summed E-state index contributed by atoms with van der Waals surface area (Å²) in [6.07, 6.45) is 0. The van der Waals surface area contributed by atoms with Gasteiger partial charge in [0.25, 0.3) is 0 Å². The van der Waals surface area contributed by atoms with E-state index in [4.69, 9.17) is 0 Å². The summed E-state index contributed by atoms with van der Waals surface area (Å²) in [6.45, 7) is 8.51. The zero-order valence-corrected chi connectivity index (χ0v) is 13.1. The number of ketones is 1. The molecule has 1 aromatic rings. The molecule has 3 heteroatoms. The molecule has 0 saturated heterocycles. The van der Waals surface area contributed by atoms with Crippen molar-refractivity contribution >= 4 is 5.78 Å². The monoisotopic (exact) mass is 262 g/mol. The highest BCUT2D eigenvalue weighted by atomic mass is 16.1. The Bertz CT molecular complexity index is 452. The maximum Gasteiger partial charge on any atom is 0.177 e. The quantitative estimate of drug-likeness (QED) is 0.735. The largest absolute Gasteiger partial charge is 0.308 e. The van der Waals surface area contributed by atoms with E-state index < -0.39 is 0 Å². The van der Waals surface area contributed by atoms with E-state index >= 15 is 0 Å². The molecule has 0 amide bonds. The van der Waals surface area contributed by atoms with Gasteiger partial charge in [-0.25, -0.2) is 0 Å². The lowest BCUT2D eigenvalue weighted by Gasteiger charge is -2.19. The van der Waals surface area contributed by atoms with E-state index in [1.165, 1.54) is 11.1 Å². The van der Waals surface area contributed by atoms with Crippen molar-refractivity contribution in [3.05, 3.63) is 34.4 Å². The smallest absolute Gasteiger partial charge is 0.177 e. The second-order valence-electron chi connectivity index (χ2n) is 5.72. The van der Waals surface area contributed by atoms with E-state index in [0.29, 0.717) is 6.54 Å². The lowest BCUT2D eigenvalue weighted by Crippen LogP contribution is -2.32. The Morgan fingerprint density at radius 2 is 1.53 bits per heavy atom. The minimum absolute atomic E-state index is 0.210. The Morgan fingerprint density at radius 3 is 2.11 bits per heavy atom. The number of Topliss-reactive ketones (excluding diaryl/α,β-unsaturated/α-hetero) is 1. The van der Waals surface area contributed by atoms with Crippen LogP contribution in [0.1, 0.15) is 27.0 Å². The third kappa shape index (κ3) is 4.77. The molecular weight excluding hydrogens is 236 g/mol. The third-order valence-electron chi connectivity index (χ3n) is 3.48. The first-order valence-corrected chi connectivity index (χ1v) is 6.75. The molecular formula is C16H26N2O. The predicted molar refractivity (Wildman–Crippen MR) is 81.0 cm³/mol. The van der Waals surface area contributed by atoms with Crippen LogP contribution in [-0.4, -0.2) is 56.4 Å². The Morgan fingerprint density at radius 1 is 0.947 bits per heavy atom. The first kappa shape index (κ1) is 15.9. The molecule has 0 N–H and O–H groups in total. The Balaban J connectivity index is 2.70. The molecule has 1 aromatic carbocycles. The van der Waals surface area contributed by atoms with Gasteiger partial charge >= 0.3 is 0 Å². The summed E-state index contributed by atoms with van der Waals surface area (Å²) in [4.78, 5) is 16.5. The fourth-order valence-electron chi connectivity index (χ4n) is 2.04. The van der Waals surface area contributed by atoms with E-state index in [1.54, 1.807) is 0 Å². The van der Waals surface area contributed by atoms with Gasteiger partial charge in [0, 0.05) is 18.7 Å². The first-order chi connectivity index (χ1) is 8.81. The fraction of sp³-hybridized carbons (Fsp3) is 0.562. The molecule has 3 nitrogen and oxygen atoms in total. The zero-order chi connectivity index (χ0) is 14.6. The number of hydrogen-bond acceptors (Lipinski definition) is 3. The third-order valence-corrected chi connectivity index (χ3v) is 3.48. The molecule has 0 aliphatic rings. The normalized spacial score (nSPS) is 11.4. The van der Waals surface area contributed by atoms with Gasteiger partial charge in [0.15, 0.2) is 5.78 Å². The second-order valence-corrected chi connectivity index (χ2v) is 5.72. The Labute approximate surface area is 117 Å². The summed E-state index contributed by atoms with van der Waals surface area (Å²) in [5.41, 5.74) is 4.37. The van der Waals surface area contributed by atoms with E-state index in [9.17, 15) is 4.79 Å². The maximum absolute atomic E-state index is 12.3. The molecule has 0 aliphatic carbocycles. The summed E-state index contributed by atoms with van der Waals surface area (Å²) in [7, 11) is 6.09. The van der Waals surface area contributed by atoms with Crippen LogP contribution in [0.25, 0.3) is 0 Å². The molecule has 0 unspecified atom stereocenters. The number of aryl methyl sites for hydroxylation is 3. The summed E-state index contributed by atoms with van der Waals surface area (Å²) < 4.78 is 0. The SMILES string of the molecule is Cc1cc(C)c(C(=O)CN(C)CCN(C)C)cc1C. The number of likely N-dealkylation sites (N-methyl/N-ethyl adjacent to an activating group) is 2. The van der Waals surface area contributed by atoms with Crippen molar-refractivity contribution in [2.45, 2.75) is 20.8 Å². The van der Waals surface area contributed by atoms with Gasteiger partial charge in [-0.1, -0.05) is 6.07 Å². The number of carbonyl (C=O) groups is 1. The van der Waals surface area contributed by atoms with Crippen LogP contribution in [0.4, 0.5) is 0 Å². The lowest BCUT2D eigenvalue weighted by atomic mass is 9.98. The second kappa shape index (κ2) is 6.83. The highest BCUT2D eigenvalue weighted by Crippen LogP contribution is 2.16. The highest BCUT2D eigenvalue weighted by molar-refractivity contribution is 5.99. The molecule has 0 aromatic heterocycles. The van der Waals surface area contributed by atoms with Gasteiger partial charge in [-0.3, -0.25) is 9.69 Å². The molecule has 0 aliphatic heterocycles. The van der Waals surface area contributed by atoms with Crippen molar-refractivity contribution in [1.29, 1.82) is 0 Å². The van der Waals surface area contributed by atoms with Crippen LogP contribution < -0.4 is 0 Å². The van der Waals surface area contributed by atoms with Gasteiger partial charge in [0.1, 0.15) is 0 Å². The van der Waals surface area contributed by atoms with Crippen molar-refractivity contribution in [3.8, 4) is 0 Å². The average Bonchev–Trinajstić information content (AvgIpc) is 2.31. The summed E-state index contributed by atoms with van der Waals surface area (Å²) in [5, 5.41) is 0. The molecule has 0 atom stereocenters. The number of rotatable bonds is 6. The molecule has 0 saturated carbocycles. The van der Waals surface area contributed by atoms with Crippen molar-refractivity contribution < 1.29 is 4.79 Å². The number of hydrogen-bond donors (Lipinski definition) is 0. The minimum Gasteiger partial charge on any atom is -0.308 e. The number of nitrogens with zero attached hydrogens (tertiary/aromatic N) is 2. The molecule has 19 heavy (non-hydrogen) atoms. The molecule has 0 heterocycles. The van der Waals surface area contributed by atoms with E-state index in [1.807, 2.05) is 34.1 Å². The van der Waals surface area contributed by atoms with Crippen molar-refractivity contribution in [1.82, 2.24) is 9.80 Å². The van der Waals surface area contributed by atoms with Gasteiger partial charge in [0.2, 0.25) is 0 Å². The summed E-state index contributed by atoms with van der Waals surface area (Å²) >= 11 is 0. The molecule has 0 radical (unpaired) electrons. The molecule has 0 fully saturated rings. The van der Waals surface area contributed by atoms with Crippen molar-refractivity contribution in [3.63, 3.8) is 0 Å². The molecule has 0 bridgehead atoms. The van der Waals surface area contributed by atoms with Crippen molar-refractivity contribution in [2.24, 2.45) is 0 Å². The molecule has 106 valence electrons. The van der Waals surface area contributed by atoms with Crippen LogP contribution in [0.3, 0.4) is 0 Å². The fourth-order valence-corrected chi connectivity index (χ4v) is 2.04. The lowest BCUT2D eigenvalue weighted by molar-refractivity contribution is 0.0942. The Hall–Kier alpha value is -1.19. The zero-order valence-electron chi connectivity index (χ0n) is 13.1. The molecule has 0 spiro atoms. The van der Waals surface area contributed by atoms with Crippen LogP contribution in [0.5, 0.6) is 0 Å². The standard InChI is InChI=1S/C16H26N2O/c1-12-9-14(3)15(10-13(12)2)16(19)11-18(6)8-7-17(4)5/h9-10H,7-8,11H2,1-6H3. The molecule has 1 rings (SSSR count). The number of carbonyl (C=O) groups excluding carboxylic acids is 1. The maximum atomic E-state index is 12.3. The summed E-state index contributed by atoms with van der Waals surface area (Å²) in [5.74, 6) is 0.210. The van der Waals surface area contributed by atoms with Crippen LogP contribution in [0.2, 0.25) is 0 Å². The van der Waals surface area contributed by atoms with Gasteiger partial charge < -0.3 is 4.90 Å². The van der Waals surface area contributed by atoms with Gasteiger partial charge in [-0.2, -0.15) is 0 Å². The topological polar surface area (TPSA) is 23.6 Å². The average molecular weight is 262 g/mol. The first-order valence-electron chi connectivity index (χ1n) is 6.75. The van der Waals surface area contributed by atoms with Crippen molar-refractivity contribution in [2.75, 3.05) is 40.8 Å². The van der Waals surface area contributed by atoms with Crippen LogP contribution in [0, 0.1) is 20.8 Å². The van der Waals surface area contributed by atoms with Crippen LogP contribution >= 0.6 is 0 Å². The summed E-state index contributed by atoms with van der Waals surface area (Å²) in [6, 6.07) is 4.12.